The van der Waals surface area contributed by atoms with Gasteiger partial charge in [0.15, 0.2) is 0 Å². The molecule has 0 atom stereocenters. The second-order valence-electron chi connectivity index (χ2n) is 9.28. The summed E-state index contributed by atoms with van der Waals surface area (Å²) in [6.07, 6.45) is 0.418. The zero-order valence-corrected chi connectivity index (χ0v) is 18.8. The molecule has 0 aliphatic carbocycles. The normalized spacial score (nSPS) is 17.5. The van der Waals surface area contributed by atoms with E-state index >= 15 is 0 Å². The molecule has 8 heteroatoms. The van der Waals surface area contributed by atoms with Crippen LogP contribution in [0, 0.1) is 5.41 Å². The van der Waals surface area contributed by atoms with Gasteiger partial charge in [0.1, 0.15) is 5.78 Å². The Labute approximate surface area is 184 Å². The van der Waals surface area contributed by atoms with Crippen LogP contribution in [0.5, 0.6) is 0 Å². The van der Waals surface area contributed by atoms with Gasteiger partial charge >= 0.3 is 11.9 Å². The van der Waals surface area contributed by atoms with Crippen molar-refractivity contribution in [2.45, 2.75) is 33.7 Å². The van der Waals surface area contributed by atoms with Crippen LogP contribution in [0.1, 0.15) is 31.9 Å². The summed E-state index contributed by atoms with van der Waals surface area (Å²) in [4.78, 5) is 40.5. The molecule has 1 aliphatic rings. The van der Waals surface area contributed by atoms with Crippen LogP contribution >= 0.6 is 0 Å². The maximum Gasteiger partial charge on any atom is 0.317 e. The number of carbonyl (C=O) groups excluding carboxylic acids is 1. The minimum atomic E-state index is -0.879. The first kappa shape index (κ1) is 25.0. The van der Waals surface area contributed by atoms with Crippen LogP contribution in [0.3, 0.4) is 0 Å². The predicted octanol–water partition coefficient (Wildman–Crippen LogP) is 1.43. The van der Waals surface area contributed by atoms with E-state index in [2.05, 4.69) is 4.90 Å². The molecule has 0 saturated carbocycles. The third-order valence-corrected chi connectivity index (χ3v) is 5.55. The summed E-state index contributed by atoms with van der Waals surface area (Å²) < 4.78 is 0. The van der Waals surface area contributed by atoms with Crippen LogP contribution in [0.25, 0.3) is 0 Å². The standard InChI is InChI=1S/C23H35N3O5/c1-23(2,3)20(27)14-18-4-6-19(7-5-18)15-24-8-10-25(16-21(28)29)12-13-26(11-9-24)17-22(30)31/h4-7H,8-17H2,1-3H3,(H,28,29)(H,30,31). The first-order valence-electron chi connectivity index (χ1n) is 10.7. The van der Waals surface area contributed by atoms with Crippen molar-refractivity contribution in [2.24, 2.45) is 5.41 Å². The third kappa shape index (κ3) is 9.16. The van der Waals surface area contributed by atoms with Crippen molar-refractivity contribution in [2.75, 3.05) is 52.4 Å². The molecule has 0 spiro atoms. The molecule has 1 heterocycles. The number of aliphatic carboxylic acids is 2. The molecule has 0 bridgehead atoms. The van der Waals surface area contributed by atoms with Crippen molar-refractivity contribution in [1.82, 2.24) is 14.7 Å². The molecule has 2 rings (SSSR count). The van der Waals surface area contributed by atoms with Gasteiger partial charge in [0.05, 0.1) is 13.1 Å². The molecule has 31 heavy (non-hydrogen) atoms. The van der Waals surface area contributed by atoms with Crippen LogP contribution in [0.4, 0.5) is 0 Å². The fourth-order valence-corrected chi connectivity index (χ4v) is 3.51. The highest BCUT2D eigenvalue weighted by atomic mass is 16.4. The maximum atomic E-state index is 12.3. The van der Waals surface area contributed by atoms with Crippen LogP contribution in [0.15, 0.2) is 24.3 Å². The van der Waals surface area contributed by atoms with E-state index in [1.807, 2.05) is 54.8 Å². The van der Waals surface area contributed by atoms with E-state index in [1.54, 1.807) is 0 Å². The van der Waals surface area contributed by atoms with Gasteiger partial charge in [-0.3, -0.25) is 29.1 Å². The van der Waals surface area contributed by atoms with Crippen LogP contribution < -0.4 is 0 Å². The van der Waals surface area contributed by atoms with Crippen LogP contribution in [-0.2, 0) is 27.3 Å². The first-order chi connectivity index (χ1) is 14.5. The predicted molar refractivity (Wildman–Crippen MR) is 118 cm³/mol. The number of carboxylic acid groups (broad SMARTS) is 2. The van der Waals surface area contributed by atoms with E-state index in [1.165, 1.54) is 0 Å². The zero-order valence-electron chi connectivity index (χ0n) is 18.8. The number of ketones is 1. The lowest BCUT2D eigenvalue weighted by atomic mass is 9.87. The number of carboxylic acids is 2. The number of hydrogen-bond acceptors (Lipinski definition) is 6. The number of hydrogen-bond donors (Lipinski definition) is 2. The van der Waals surface area contributed by atoms with E-state index < -0.39 is 11.9 Å². The molecule has 1 saturated heterocycles. The molecule has 1 aliphatic heterocycles. The van der Waals surface area contributed by atoms with Crippen molar-refractivity contribution in [3.8, 4) is 0 Å². The molecular weight excluding hydrogens is 398 g/mol. The highest BCUT2D eigenvalue weighted by Gasteiger charge is 2.22. The molecule has 2 N–H and O–H groups in total. The summed E-state index contributed by atoms with van der Waals surface area (Å²) in [6.45, 7) is 10.1. The lowest BCUT2D eigenvalue weighted by Crippen LogP contribution is -2.40. The second-order valence-corrected chi connectivity index (χ2v) is 9.28. The lowest BCUT2D eigenvalue weighted by Gasteiger charge is -2.25. The Kier molecular flexibility index (Phi) is 9.15. The lowest BCUT2D eigenvalue weighted by molar-refractivity contribution is -0.140. The molecule has 1 aromatic carbocycles. The fourth-order valence-electron chi connectivity index (χ4n) is 3.51. The molecule has 0 amide bonds. The third-order valence-electron chi connectivity index (χ3n) is 5.55. The zero-order chi connectivity index (χ0) is 23.0. The van der Waals surface area contributed by atoms with Gasteiger partial charge in [-0.15, -0.1) is 0 Å². The highest BCUT2D eigenvalue weighted by molar-refractivity contribution is 5.85. The van der Waals surface area contributed by atoms with E-state index in [-0.39, 0.29) is 24.3 Å². The van der Waals surface area contributed by atoms with Gasteiger partial charge in [-0.05, 0) is 11.1 Å². The average molecular weight is 434 g/mol. The molecular formula is C23H35N3O5. The van der Waals surface area contributed by atoms with Gasteiger partial charge in [-0.25, -0.2) is 0 Å². The van der Waals surface area contributed by atoms with Crippen LogP contribution in [-0.4, -0.2) is 95.0 Å². The van der Waals surface area contributed by atoms with E-state index in [9.17, 15) is 14.4 Å². The summed E-state index contributed by atoms with van der Waals surface area (Å²) in [5.41, 5.74) is 1.75. The Balaban J connectivity index is 2.02. The highest BCUT2D eigenvalue weighted by Crippen LogP contribution is 2.18. The van der Waals surface area contributed by atoms with E-state index in [0.29, 0.717) is 52.2 Å². The minimum absolute atomic E-state index is 0.0503. The van der Waals surface area contributed by atoms with E-state index in [0.717, 1.165) is 11.1 Å². The number of carbonyl (C=O) groups is 3. The number of benzene rings is 1. The van der Waals surface area contributed by atoms with Gasteiger partial charge in [0.25, 0.3) is 0 Å². The molecule has 0 unspecified atom stereocenters. The molecule has 0 aromatic heterocycles. The SMILES string of the molecule is CC(C)(C)C(=O)Cc1ccc(CN2CCN(CC(=O)O)CCN(CC(=O)O)CC2)cc1. The molecule has 0 radical (unpaired) electrons. The van der Waals surface area contributed by atoms with Gasteiger partial charge in [-0.1, -0.05) is 45.0 Å². The van der Waals surface area contributed by atoms with E-state index in [4.69, 9.17) is 10.2 Å². The van der Waals surface area contributed by atoms with Crippen molar-refractivity contribution in [3.05, 3.63) is 35.4 Å². The topological polar surface area (TPSA) is 101 Å². The molecule has 8 nitrogen and oxygen atoms in total. The Morgan fingerprint density at radius 3 is 1.52 bits per heavy atom. The summed E-state index contributed by atoms with van der Waals surface area (Å²) in [7, 11) is 0. The van der Waals surface area contributed by atoms with Gasteiger partial charge in [0, 0.05) is 57.6 Å². The number of nitrogens with zero attached hydrogens (tertiary/aromatic N) is 3. The van der Waals surface area contributed by atoms with Gasteiger partial charge in [0.2, 0.25) is 0 Å². The fraction of sp³-hybridized carbons (Fsp3) is 0.609. The Bertz CT molecular complexity index is 729. The van der Waals surface area contributed by atoms with Crippen molar-refractivity contribution in [1.29, 1.82) is 0 Å². The first-order valence-corrected chi connectivity index (χ1v) is 10.7. The quantitative estimate of drug-likeness (QED) is 0.635. The van der Waals surface area contributed by atoms with Crippen molar-refractivity contribution < 1.29 is 24.6 Å². The summed E-state index contributed by atoms with van der Waals surface area (Å²) in [5.74, 6) is -1.55. The second kappa shape index (κ2) is 11.4. The van der Waals surface area contributed by atoms with Gasteiger partial charge < -0.3 is 10.2 Å². The summed E-state index contributed by atoms with van der Waals surface area (Å²) >= 11 is 0. The number of Topliss-reactive ketones (excluding diaryl/α,β-unsaturated/α-hetero) is 1. The molecule has 1 aromatic rings. The Morgan fingerprint density at radius 1 is 0.742 bits per heavy atom. The smallest absolute Gasteiger partial charge is 0.317 e. The molecule has 1 fully saturated rings. The Morgan fingerprint density at radius 2 is 1.13 bits per heavy atom. The average Bonchev–Trinajstić information content (AvgIpc) is 2.74. The van der Waals surface area contributed by atoms with Crippen LogP contribution in [0.2, 0.25) is 0 Å². The number of rotatable bonds is 8. The summed E-state index contributed by atoms with van der Waals surface area (Å²) in [6, 6.07) is 8.04. The minimum Gasteiger partial charge on any atom is -0.480 e. The Hall–Kier alpha value is -2.29. The largest absolute Gasteiger partial charge is 0.480 e. The maximum absolute atomic E-state index is 12.3. The summed E-state index contributed by atoms with van der Waals surface area (Å²) in [5, 5.41) is 18.3. The van der Waals surface area contributed by atoms with Gasteiger partial charge in [-0.2, -0.15) is 0 Å². The monoisotopic (exact) mass is 433 g/mol. The van der Waals surface area contributed by atoms with Crippen molar-refractivity contribution >= 4 is 17.7 Å². The molecule has 172 valence electrons. The van der Waals surface area contributed by atoms with Crippen molar-refractivity contribution in [3.63, 3.8) is 0 Å².